The topological polar surface area (TPSA) is 76.0 Å². The molecule has 0 amide bonds. The van der Waals surface area contributed by atoms with E-state index in [0.29, 0.717) is 5.56 Å². The summed E-state index contributed by atoms with van der Waals surface area (Å²) in [5.74, 6) is 0.195. The van der Waals surface area contributed by atoms with Crippen molar-refractivity contribution in [3.05, 3.63) is 59.7 Å². The second kappa shape index (κ2) is 5.75. The van der Waals surface area contributed by atoms with E-state index in [0.717, 1.165) is 5.56 Å². The molecule has 2 aromatic carbocycles. The van der Waals surface area contributed by atoms with E-state index in [1.165, 1.54) is 30.5 Å². The molecule has 0 saturated carbocycles. The monoisotopic (exact) mass is 291 g/mol. The zero-order valence-electron chi connectivity index (χ0n) is 10.7. The minimum absolute atomic E-state index is 0.101. The molecule has 0 atom stereocenters. The highest BCUT2D eigenvalue weighted by Crippen LogP contribution is 2.19. The summed E-state index contributed by atoms with van der Waals surface area (Å²) in [5.41, 5.74) is 1.60. The van der Waals surface area contributed by atoms with E-state index < -0.39 is 10.1 Å². The van der Waals surface area contributed by atoms with Crippen LogP contribution in [0.25, 0.3) is 0 Å². The summed E-state index contributed by atoms with van der Waals surface area (Å²) < 4.78 is 29.1. The Kier molecular flexibility index (Phi) is 4.05. The Labute approximate surface area is 117 Å². The van der Waals surface area contributed by atoms with Gasteiger partial charge >= 0.3 is 10.1 Å². The standard InChI is InChI=1S/C14H13NO4S/c1-11-2-8-14(9-3-11)20(17,18)19-13-6-4-12(5-7-13)10-15-16/h2-10,16H,1H3/b15-10+. The third-order valence-corrected chi connectivity index (χ3v) is 3.86. The zero-order chi connectivity index (χ0) is 14.6. The van der Waals surface area contributed by atoms with Crippen LogP contribution in [0.2, 0.25) is 0 Å². The summed E-state index contributed by atoms with van der Waals surface area (Å²) in [5, 5.41) is 11.3. The molecule has 0 aromatic heterocycles. The van der Waals surface area contributed by atoms with Gasteiger partial charge in [0.05, 0.1) is 6.21 Å². The molecule has 0 fully saturated rings. The first kappa shape index (κ1) is 14.1. The molecule has 0 saturated heterocycles. The van der Waals surface area contributed by atoms with Crippen molar-refractivity contribution in [2.24, 2.45) is 5.16 Å². The number of hydrogen-bond donors (Lipinski definition) is 1. The molecule has 0 heterocycles. The Morgan fingerprint density at radius 3 is 2.20 bits per heavy atom. The largest absolute Gasteiger partial charge is 0.411 e. The summed E-state index contributed by atoms with van der Waals surface area (Å²) >= 11 is 0. The lowest BCUT2D eigenvalue weighted by molar-refractivity contribution is 0.322. The molecular weight excluding hydrogens is 278 g/mol. The van der Waals surface area contributed by atoms with Gasteiger partial charge in [-0.2, -0.15) is 8.42 Å². The molecule has 6 heteroatoms. The molecule has 0 unspecified atom stereocenters. The van der Waals surface area contributed by atoms with Crippen molar-refractivity contribution < 1.29 is 17.8 Å². The van der Waals surface area contributed by atoms with Gasteiger partial charge in [0.1, 0.15) is 10.6 Å². The number of nitrogens with zero attached hydrogens (tertiary/aromatic N) is 1. The maximum absolute atomic E-state index is 12.0. The quantitative estimate of drug-likeness (QED) is 0.406. The van der Waals surface area contributed by atoms with Crippen LogP contribution in [-0.4, -0.2) is 19.8 Å². The van der Waals surface area contributed by atoms with Gasteiger partial charge in [-0.3, -0.25) is 0 Å². The summed E-state index contributed by atoms with van der Waals surface area (Å²) in [7, 11) is -3.84. The van der Waals surface area contributed by atoms with Crippen LogP contribution in [0.1, 0.15) is 11.1 Å². The minimum Gasteiger partial charge on any atom is -0.411 e. The Hall–Kier alpha value is -2.34. The predicted molar refractivity (Wildman–Crippen MR) is 74.8 cm³/mol. The van der Waals surface area contributed by atoms with Crippen LogP contribution < -0.4 is 4.18 Å². The normalized spacial score (nSPS) is 11.7. The predicted octanol–water partition coefficient (Wildman–Crippen LogP) is 2.57. The molecule has 0 radical (unpaired) electrons. The molecule has 2 rings (SSSR count). The average Bonchev–Trinajstić information content (AvgIpc) is 2.41. The Morgan fingerprint density at radius 2 is 1.65 bits per heavy atom. The van der Waals surface area contributed by atoms with Gasteiger partial charge in [-0.05, 0) is 48.9 Å². The second-order valence-electron chi connectivity index (χ2n) is 4.16. The second-order valence-corrected chi connectivity index (χ2v) is 5.71. The lowest BCUT2D eigenvalue weighted by Crippen LogP contribution is -2.09. The Balaban J connectivity index is 2.21. The van der Waals surface area contributed by atoms with Crippen molar-refractivity contribution in [2.75, 3.05) is 0 Å². The molecule has 0 aliphatic heterocycles. The lowest BCUT2D eigenvalue weighted by Gasteiger charge is -2.07. The first-order valence-corrected chi connectivity index (χ1v) is 7.21. The summed E-state index contributed by atoms with van der Waals surface area (Å²) in [4.78, 5) is 0.101. The van der Waals surface area contributed by atoms with Crippen LogP contribution in [0.5, 0.6) is 5.75 Å². The third-order valence-electron chi connectivity index (χ3n) is 2.60. The van der Waals surface area contributed by atoms with Gasteiger partial charge in [-0.1, -0.05) is 22.9 Å². The number of aryl methyl sites for hydroxylation is 1. The fourth-order valence-electron chi connectivity index (χ4n) is 1.56. The van der Waals surface area contributed by atoms with Crippen LogP contribution in [0.4, 0.5) is 0 Å². The van der Waals surface area contributed by atoms with Gasteiger partial charge in [-0.25, -0.2) is 0 Å². The van der Waals surface area contributed by atoms with Crippen LogP contribution in [0, 0.1) is 6.92 Å². The van der Waals surface area contributed by atoms with Crippen LogP contribution in [0.3, 0.4) is 0 Å². The maximum atomic E-state index is 12.0. The smallest absolute Gasteiger partial charge is 0.339 e. The molecule has 0 aliphatic rings. The molecule has 0 bridgehead atoms. The van der Waals surface area contributed by atoms with Crippen LogP contribution >= 0.6 is 0 Å². The van der Waals surface area contributed by atoms with E-state index >= 15 is 0 Å². The van der Waals surface area contributed by atoms with Crippen LogP contribution in [-0.2, 0) is 10.1 Å². The first-order chi connectivity index (χ1) is 9.51. The van der Waals surface area contributed by atoms with Crippen LogP contribution in [0.15, 0.2) is 58.6 Å². The number of rotatable bonds is 4. The van der Waals surface area contributed by atoms with Crippen molar-refractivity contribution in [1.82, 2.24) is 0 Å². The molecule has 0 spiro atoms. The highest BCUT2D eigenvalue weighted by Gasteiger charge is 2.16. The molecule has 5 nitrogen and oxygen atoms in total. The summed E-state index contributed by atoms with van der Waals surface area (Å²) in [6.45, 7) is 1.87. The molecule has 104 valence electrons. The number of benzene rings is 2. The van der Waals surface area contributed by atoms with Gasteiger partial charge in [0, 0.05) is 0 Å². The van der Waals surface area contributed by atoms with Crippen molar-refractivity contribution in [3.63, 3.8) is 0 Å². The highest BCUT2D eigenvalue weighted by atomic mass is 32.2. The van der Waals surface area contributed by atoms with Crippen molar-refractivity contribution >= 4 is 16.3 Å². The highest BCUT2D eigenvalue weighted by molar-refractivity contribution is 7.87. The summed E-state index contributed by atoms with van der Waals surface area (Å²) in [6.07, 6.45) is 1.23. The molecule has 0 aliphatic carbocycles. The van der Waals surface area contributed by atoms with E-state index in [4.69, 9.17) is 9.39 Å². The number of hydrogen-bond acceptors (Lipinski definition) is 5. The van der Waals surface area contributed by atoms with Crippen molar-refractivity contribution in [1.29, 1.82) is 0 Å². The van der Waals surface area contributed by atoms with Crippen molar-refractivity contribution in [2.45, 2.75) is 11.8 Å². The third kappa shape index (κ3) is 3.36. The fourth-order valence-corrected chi connectivity index (χ4v) is 2.49. The Bertz CT molecular complexity index is 704. The molecule has 2 aromatic rings. The zero-order valence-corrected chi connectivity index (χ0v) is 11.5. The molecular formula is C14H13NO4S. The lowest BCUT2D eigenvalue weighted by atomic mass is 10.2. The van der Waals surface area contributed by atoms with Gasteiger partial charge in [-0.15, -0.1) is 0 Å². The maximum Gasteiger partial charge on any atom is 0.339 e. The average molecular weight is 291 g/mol. The number of oxime groups is 1. The molecule has 1 N–H and O–H groups in total. The van der Waals surface area contributed by atoms with E-state index in [1.54, 1.807) is 24.3 Å². The van der Waals surface area contributed by atoms with E-state index in [9.17, 15) is 8.42 Å². The fraction of sp³-hybridized carbons (Fsp3) is 0.0714. The van der Waals surface area contributed by atoms with Gasteiger partial charge in [0.25, 0.3) is 0 Å². The summed E-state index contributed by atoms with van der Waals surface area (Å²) in [6, 6.07) is 12.5. The first-order valence-electron chi connectivity index (χ1n) is 5.80. The van der Waals surface area contributed by atoms with Crippen molar-refractivity contribution in [3.8, 4) is 5.75 Å². The minimum atomic E-state index is -3.84. The van der Waals surface area contributed by atoms with Gasteiger partial charge in [0.2, 0.25) is 0 Å². The van der Waals surface area contributed by atoms with E-state index in [1.807, 2.05) is 6.92 Å². The van der Waals surface area contributed by atoms with E-state index in [2.05, 4.69) is 5.16 Å². The van der Waals surface area contributed by atoms with E-state index in [-0.39, 0.29) is 10.6 Å². The van der Waals surface area contributed by atoms with Gasteiger partial charge < -0.3 is 9.39 Å². The molecule has 20 heavy (non-hydrogen) atoms. The Morgan fingerprint density at radius 1 is 1.05 bits per heavy atom. The SMILES string of the molecule is Cc1ccc(S(=O)(=O)Oc2ccc(/C=N/O)cc2)cc1. The van der Waals surface area contributed by atoms with Gasteiger partial charge in [0.15, 0.2) is 0 Å².